The maximum Gasteiger partial charge on any atom is 0.309 e. The van der Waals surface area contributed by atoms with Gasteiger partial charge in [0.15, 0.2) is 0 Å². The maximum absolute atomic E-state index is 10.9. The number of carboxylic acids is 1. The molecular weight excluding hydrogens is 373 g/mol. The number of halogens is 2. The minimum atomic E-state index is -0.701. The van der Waals surface area contributed by atoms with E-state index in [4.69, 9.17) is 33.0 Å². The summed E-state index contributed by atoms with van der Waals surface area (Å²) in [7, 11) is 0. The zero-order chi connectivity index (χ0) is 18.3. The third kappa shape index (κ3) is 3.54. The molecule has 1 fully saturated rings. The fourth-order valence-corrected chi connectivity index (χ4v) is 3.91. The number of ether oxygens (including phenoxy) is 1. The molecule has 0 radical (unpaired) electrons. The number of carboxylic acid groups (broad SMARTS) is 1. The Morgan fingerprint density at radius 1 is 1.15 bits per heavy atom. The molecule has 4 rings (SSSR count). The third-order valence-electron chi connectivity index (χ3n) is 5.10. The average molecular weight is 392 g/mol. The van der Waals surface area contributed by atoms with E-state index in [9.17, 15) is 4.79 Å². The first-order valence-electron chi connectivity index (χ1n) is 8.68. The van der Waals surface area contributed by atoms with E-state index in [1.165, 1.54) is 11.1 Å². The molecule has 0 aliphatic carbocycles. The molecule has 2 aromatic rings. The van der Waals surface area contributed by atoms with E-state index in [0.717, 1.165) is 30.7 Å². The predicted molar refractivity (Wildman–Crippen MR) is 101 cm³/mol. The van der Waals surface area contributed by atoms with Gasteiger partial charge in [0.2, 0.25) is 0 Å². The lowest BCUT2D eigenvalue weighted by atomic mass is 9.95. The van der Waals surface area contributed by atoms with Crippen molar-refractivity contribution < 1.29 is 14.6 Å². The summed E-state index contributed by atoms with van der Waals surface area (Å²) in [4.78, 5) is 13.1. The van der Waals surface area contributed by atoms with Gasteiger partial charge < -0.3 is 9.84 Å². The van der Waals surface area contributed by atoms with Gasteiger partial charge in [-0.2, -0.15) is 0 Å². The molecule has 2 aliphatic heterocycles. The summed E-state index contributed by atoms with van der Waals surface area (Å²) in [6.45, 7) is 2.04. The Morgan fingerprint density at radius 2 is 1.96 bits per heavy atom. The van der Waals surface area contributed by atoms with E-state index in [2.05, 4.69) is 17.0 Å². The first-order chi connectivity index (χ1) is 12.5. The SMILES string of the molecule is O=C(O)C1CN(Cc2ccc3c(c2)CCC(c2ccc(Cl)c(Cl)c2)O3)C1. The van der Waals surface area contributed by atoms with Crippen LogP contribution in [0.2, 0.25) is 10.0 Å². The Labute approximate surface area is 162 Å². The maximum atomic E-state index is 10.9. The second-order valence-corrected chi connectivity index (χ2v) is 7.80. The molecule has 2 aliphatic rings. The van der Waals surface area contributed by atoms with Gasteiger partial charge in [-0.3, -0.25) is 9.69 Å². The van der Waals surface area contributed by atoms with Crippen LogP contribution in [0, 0.1) is 5.92 Å². The van der Waals surface area contributed by atoms with Crippen molar-refractivity contribution in [1.82, 2.24) is 4.90 Å². The van der Waals surface area contributed by atoms with Crippen LogP contribution in [0.5, 0.6) is 5.75 Å². The molecule has 1 unspecified atom stereocenters. The van der Waals surface area contributed by atoms with Gasteiger partial charge in [0.05, 0.1) is 16.0 Å². The smallest absolute Gasteiger partial charge is 0.309 e. The first kappa shape index (κ1) is 17.7. The average Bonchev–Trinajstić information content (AvgIpc) is 2.59. The highest BCUT2D eigenvalue weighted by atomic mass is 35.5. The fraction of sp³-hybridized carbons (Fsp3) is 0.350. The molecule has 2 heterocycles. The van der Waals surface area contributed by atoms with Crippen LogP contribution in [-0.4, -0.2) is 29.1 Å². The summed E-state index contributed by atoms with van der Waals surface area (Å²) in [6, 6.07) is 11.9. The van der Waals surface area contributed by atoms with Crippen molar-refractivity contribution in [2.75, 3.05) is 13.1 Å². The van der Waals surface area contributed by atoms with Crippen LogP contribution in [0.4, 0.5) is 0 Å². The Bertz CT molecular complexity index is 849. The summed E-state index contributed by atoms with van der Waals surface area (Å²) < 4.78 is 6.17. The van der Waals surface area contributed by atoms with Gasteiger partial charge in [0.25, 0.3) is 0 Å². The Hall–Kier alpha value is -1.75. The number of nitrogens with zero attached hydrogens (tertiary/aromatic N) is 1. The second-order valence-electron chi connectivity index (χ2n) is 6.99. The topological polar surface area (TPSA) is 49.8 Å². The van der Waals surface area contributed by atoms with Gasteiger partial charge in [-0.05, 0) is 47.7 Å². The highest BCUT2D eigenvalue weighted by Gasteiger charge is 2.32. The number of carbonyl (C=O) groups is 1. The first-order valence-corrected chi connectivity index (χ1v) is 9.44. The number of rotatable bonds is 4. The lowest BCUT2D eigenvalue weighted by Crippen LogP contribution is -2.49. The van der Waals surface area contributed by atoms with Crippen molar-refractivity contribution in [3.8, 4) is 5.75 Å². The molecule has 2 aromatic carbocycles. The van der Waals surface area contributed by atoms with Gasteiger partial charge in [0.1, 0.15) is 11.9 Å². The molecule has 0 spiro atoms. The number of fused-ring (bicyclic) bond motifs is 1. The van der Waals surface area contributed by atoms with E-state index in [0.29, 0.717) is 23.1 Å². The van der Waals surface area contributed by atoms with Gasteiger partial charge >= 0.3 is 5.97 Å². The summed E-state index contributed by atoms with van der Waals surface area (Å²) in [5.74, 6) is -0.0144. The van der Waals surface area contributed by atoms with Gasteiger partial charge in [0, 0.05) is 19.6 Å². The highest BCUT2D eigenvalue weighted by Crippen LogP contribution is 2.37. The van der Waals surface area contributed by atoms with E-state index >= 15 is 0 Å². The lowest BCUT2D eigenvalue weighted by Gasteiger charge is -2.36. The molecule has 0 saturated carbocycles. The van der Waals surface area contributed by atoms with Crippen LogP contribution in [0.1, 0.15) is 29.2 Å². The Morgan fingerprint density at radius 3 is 2.69 bits per heavy atom. The van der Waals surface area contributed by atoms with Crippen molar-refractivity contribution in [3.05, 3.63) is 63.1 Å². The van der Waals surface area contributed by atoms with Crippen LogP contribution in [0.3, 0.4) is 0 Å². The van der Waals surface area contributed by atoms with Crippen LogP contribution in [-0.2, 0) is 17.8 Å². The minimum absolute atomic E-state index is 0.0187. The summed E-state index contributed by atoms with van der Waals surface area (Å²) >= 11 is 12.1. The quantitative estimate of drug-likeness (QED) is 0.828. The molecular formula is C20H19Cl2NO3. The number of aliphatic carboxylic acids is 1. The molecule has 0 bridgehead atoms. The van der Waals surface area contributed by atoms with Crippen molar-refractivity contribution in [2.45, 2.75) is 25.5 Å². The number of likely N-dealkylation sites (tertiary alicyclic amines) is 1. The number of hydrogen-bond donors (Lipinski definition) is 1. The monoisotopic (exact) mass is 391 g/mol. The van der Waals surface area contributed by atoms with Crippen molar-refractivity contribution >= 4 is 29.2 Å². The summed E-state index contributed by atoms with van der Waals surface area (Å²) in [6.07, 6.45) is 1.81. The zero-order valence-corrected chi connectivity index (χ0v) is 15.6. The van der Waals surface area contributed by atoms with E-state index in [-0.39, 0.29) is 12.0 Å². The van der Waals surface area contributed by atoms with Crippen LogP contribution in [0.15, 0.2) is 36.4 Å². The predicted octanol–water partition coefficient (Wildman–Crippen LogP) is 4.58. The second kappa shape index (κ2) is 7.10. The number of hydrogen-bond acceptors (Lipinski definition) is 3. The molecule has 0 aromatic heterocycles. The summed E-state index contributed by atoms with van der Waals surface area (Å²) in [5, 5.41) is 10.1. The van der Waals surface area contributed by atoms with Crippen molar-refractivity contribution in [1.29, 1.82) is 0 Å². The molecule has 1 atom stereocenters. The molecule has 0 amide bonds. The largest absolute Gasteiger partial charge is 0.485 e. The van der Waals surface area contributed by atoms with E-state index < -0.39 is 5.97 Å². The van der Waals surface area contributed by atoms with Crippen LogP contribution >= 0.6 is 23.2 Å². The molecule has 1 saturated heterocycles. The molecule has 136 valence electrons. The van der Waals surface area contributed by atoms with Gasteiger partial charge in [-0.25, -0.2) is 0 Å². The van der Waals surface area contributed by atoms with Gasteiger partial charge in [-0.1, -0.05) is 41.4 Å². The molecule has 4 nitrogen and oxygen atoms in total. The van der Waals surface area contributed by atoms with Crippen molar-refractivity contribution in [2.24, 2.45) is 5.92 Å². The Kier molecular flexibility index (Phi) is 4.82. The number of benzene rings is 2. The minimum Gasteiger partial charge on any atom is -0.485 e. The molecule has 1 N–H and O–H groups in total. The lowest BCUT2D eigenvalue weighted by molar-refractivity contribution is -0.147. The summed E-state index contributed by atoms with van der Waals surface area (Å²) in [5.41, 5.74) is 3.44. The Balaban J connectivity index is 1.42. The standard InChI is InChI=1S/C20H19Cl2NO3/c21-16-4-2-14(8-17(16)22)19-6-3-13-7-12(1-5-18(13)26-19)9-23-10-15(11-23)20(24)25/h1-2,4-5,7-8,15,19H,3,6,9-11H2,(H,24,25). The number of aryl methyl sites for hydroxylation is 1. The van der Waals surface area contributed by atoms with Gasteiger partial charge in [-0.15, -0.1) is 0 Å². The zero-order valence-electron chi connectivity index (χ0n) is 14.1. The van der Waals surface area contributed by atoms with Crippen LogP contribution in [0.25, 0.3) is 0 Å². The van der Waals surface area contributed by atoms with E-state index in [1.54, 1.807) is 6.07 Å². The van der Waals surface area contributed by atoms with E-state index in [1.807, 2.05) is 18.2 Å². The van der Waals surface area contributed by atoms with Crippen LogP contribution < -0.4 is 4.74 Å². The fourth-order valence-electron chi connectivity index (χ4n) is 3.60. The normalized spacial score (nSPS) is 20.2. The third-order valence-corrected chi connectivity index (χ3v) is 5.84. The highest BCUT2D eigenvalue weighted by molar-refractivity contribution is 6.42. The van der Waals surface area contributed by atoms with Crippen molar-refractivity contribution in [3.63, 3.8) is 0 Å². The molecule has 26 heavy (non-hydrogen) atoms. The molecule has 6 heteroatoms.